The van der Waals surface area contributed by atoms with Crippen molar-refractivity contribution in [1.29, 1.82) is 0 Å². The van der Waals surface area contributed by atoms with Crippen LogP contribution < -0.4 is 10.1 Å². The van der Waals surface area contributed by atoms with Crippen molar-refractivity contribution in [2.45, 2.75) is 26.4 Å². The third kappa shape index (κ3) is 4.84. The summed E-state index contributed by atoms with van der Waals surface area (Å²) >= 11 is 1.78. The predicted octanol–water partition coefficient (Wildman–Crippen LogP) is 2.74. The molecule has 150 valence electrons. The Hall–Kier alpha value is -2.54. The number of carbonyl (C=O) groups is 1. The zero-order valence-corrected chi connectivity index (χ0v) is 17.6. The highest BCUT2D eigenvalue weighted by molar-refractivity contribution is 7.10. The van der Waals surface area contributed by atoms with Crippen molar-refractivity contribution in [2.24, 2.45) is 4.99 Å². The number of aliphatic imine (C=N–C) groups is 1. The summed E-state index contributed by atoms with van der Waals surface area (Å²) in [6.07, 6.45) is 0.941. The molecule has 1 amide bonds. The Balaban J connectivity index is 1.64. The lowest BCUT2D eigenvalue weighted by molar-refractivity contribution is -0.130. The molecule has 1 aromatic carbocycles. The van der Waals surface area contributed by atoms with Crippen LogP contribution in [-0.2, 0) is 24.3 Å². The molecule has 2 aromatic rings. The molecule has 0 fully saturated rings. The number of thiophene rings is 1. The molecule has 0 spiro atoms. The van der Waals surface area contributed by atoms with Crippen molar-refractivity contribution in [3.05, 3.63) is 51.7 Å². The van der Waals surface area contributed by atoms with Gasteiger partial charge in [-0.1, -0.05) is 18.2 Å². The number of benzene rings is 1. The second kappa shape index (κ2) is 9.59. The fourth-order valence-electron chi connectivity index (χ4n) is 3.34. The Labute approximate surface area is 170 Å². The van der Waals surface area contributed by atoms with Gasteiger partial charge in [-0.2, -0.15) is 0 Å². The van der Waals surface area contributed by atoms with Crippen LogP contribution in [0.1, 0.15) is 22.9 Å². The molecule has 2 heterocycles. The van der Waals surface area contributed by atoms with E-state index in [4.69, 9.17) is 4.74 Å². The van der Waals surface area contributed by atoms with Crippen LogP contribution in [0, 0.1) is 0 Å². The smallest absolute Gasteiger partial charge is 0.244 e. The van der Waals surface area contributed by atoms with Gasteiger partial charge in [0.05, 0.1) is 7.11 Å². The maximum atomic E-state index is 12.7. The van der Waals surface area contributed by atoms with Crippen LogP contribution in [0.2, 0.25) is 0 Å². The summed E-state index contributed by atoms with van der Waals surface area (Å²) in [6, 6.07) is 10.1. The third-order valence-corrected chi connectivity index (χ3v) is 5.84. The first-order valence-corrected chi connectivity index (χ1v) is 10.4. The lowest BCUT2D eigenvalue weighted by Gasteiger charge is -2.27. The number of rotatable bonds is 6. The van der Waals surface area contributed by atoms with Crippen LogP contribution in [0.4, 0.5) is 0 Å². The molecule has 6 nitrogen and oxygen atoms in total. The SMILES string of the molecule is CCNC(=NCC(=O)N1CCc2sccc2C1)N(C)Cc1ccccc1OC. The maximum absolute atomic E-state index is 12.7. The number of guanidine groups is 1. The summed E-state index contributed by atoms with van der Waals surface area (Å²) in [5.41, 5.74) is 2.35. The summed E-state index contributed by atoms with van der Waals surface area (Å²) in [5.74, 6) is 1.63. The average Bonchev–Trinajstić information content (AvgIpc) is 3.19. The molecule has 1 aromatic heterocycles. The van der Waals surface area contributed by atoms with Gasteiger partial charge in [-0.3, -0.25) is 4.79 Å². The molecular formula is C21H28N4O2S. The van der Waals surface area contributed by atoms with Crippen molar-refractivity contribution in [3.8, 4) is 5.75 Å². The van der Waals surface area contributed by atoms with Gasteiger partial charge < -0.3 is 19.9 Å². The second-order valence-corrected chi connectivity index (χ2v) is 7.77. The predicted molar refractivity (Wildman–Crippen MR) is 114 cm³/mol. The molecule has 1 aliphatic rings. The molecule has 1 N–H and O–H groups in total. The Morgan fingerprint density at radius 2 is 2.18 bits per heavy atom. The highest BCUT2D eigenvalue weighted by Gasteiger charge is 2.21. The summed E-state index contributed by atoms with van der Waals surface area (Å²) in [7, 11) is 3.64. The van der Waals surface area contributed by atoms with Gasteiger partial charge in [0.1, 0.15) is 12.3 Å². The average molecular weight is 401 g/mol. The van der Waals surface area contributed by atoms with E-state index >= 15 is 0 Å². The van der Waals surface area contributed by atoms with Crippen LogP contribution in [0.25, 0.3) is 0 Å². The van der Waals surface area contributed by atoms with Crippen molar-refractivity contribution < 1.29 is 9.53 Å². The summed E-state index contributed by atoms with van der Waals surface area (Å²) in [6.45, 7) is 5.03. The zero-order chi connectivity index (χ0) is 19.9. The summed E-state index contributed by atoms with van der Waals surface area (Å²) in [5, 5.41) is 5.38. The van der Waals surface area contributed by atoms with E-state index in [1.807, 2.05) is 48.0 Å². The lowest BCUT2D eigenvalue weighted by atomic mass is 10.1. The van der Waals surface area contributed by atoms with Crippen LogP contribution in [0.15, 0.2) is 40.7 Å². The van der Waals surface area contributed by atoms with Crippen LogP contribution in [-0.4, -0.2) is 55.5 Å². The molecule has 1 aliphatic heterocycles. The molecule has 0 aliphatic carbocycles. The van der Waals surface area contributed by atoms with Gasteiger partial charge in [-0.05, 0) is 36.4 Å². The van der Waals surface area contributed by atoms with E-state index < -0.39 is 0 Å². The molecule has 0 atom stereocenters. The topological polar surface area (TPSA) is 57.2 Å². The highest BCUT2D eigenvalue weighted by Crippen LogP contribution is 2.24. The van der Waals surface area contributed by atoms with Gasteiger partial charge in [0, 0.05) is 43.7 Å². The number of ether oxygens (including phenoxy) is 1. The van der Waals surface area contributed by atoms with E-state index in [0.717, 1.165) is 36.8 Å². The number of para-hydroxylation sites is 1. The standard InChI is InChI=1S/C21H28N4O2S/c1-4-22-21(24(2)14-16-7-5-6-8-18(16)27-3)23-13-20(26)25-11-9-19-17(15-25)10-12-28-19/h5-8,10,12H,4,9,11,13-15H2,1-3H3,(H,22,23). The van der Waals surface area contributed by atoms with E-state index in [1.54, 1.807) is 18.4 Å². The Morgan fingerprint density at radius 3 is 2.96 bits per heavy atom. The monoisotopic (exact) mass is 400 g/mol. The van der Waals surface area contributed by atoms with Crippen molar-refractivity contribution in [2.75, 3.05) is 33.8 Å². The Bertz CT molecular complexity index is 833. The van der Waals surface area contributed by atoms with E-state index in [-0.39, 0.29) is 12.5 Å². The number of carbonyl (C=O) groups excluding carboxylic acids is 1. The number of nitrogens with zero attached hydrogens (tertiary/aromatic N) is 3. The second-order valence-electron chi connectivity index (χ2n) is 6.77. The minimum atomic E-state index is 0.0675. The molecule has 0 bridgehead atoms. The molecule has 7 heteroatoms. The van der Waals surface area contributed by atoms with Crippen LogP contribution >= 0.6 is 11.3 Å². The highest BCUT2D eigenvalue weighted by atomic mass is 32.1. The van der Waals surface area contributed by atoms with Gasteiger partial charge in [-0.15, -0.1) is 11.3 Å². The van der Waals surface area contributed by atoms with Crippen molar-refractivity contribution in [1.82, 2.24) is 15.1 Å². The minimum absolute atomic E-state index is 0.0675. The molecule has 0 saturated heterocycles. The maximum Gasteiger partial charge on any atom is 0.244 e. The molecule has 0 saturated carbocycles. The van der Waals surface area contributed by atoms with Crippen molar-refractivity contribution in [3.63, 3.8) is 0 Å². The van der Waals surface area contributed by atoms with Gasteiger partial charge in [0.25, 0.3) is 0 Å². The van der Waals surface area contributed by atoms with E-state index in [0.29, 0.717) is 13.1 Å². The van der Waals surface area contributed by atoms with Gasteiger partial charge in [-0.25, -0.2) is 4.99 Å². The first-order valence-electron chi connectivity index (χ1n) is 9.56. The summed E-state index contributed by atoms with van der Waals surface area (Å²) in [4.78, 5) is 22.6. The fourth-order valence-corrected chi connectivity index (χ4v) is 4.23. The van der Waals surface area contributed by atoms with Gasteiger partial charge in [0.2, 0.25) is 5.91 Å². The molecule has 3 rings (SSSR count). The third-order valence-electron chi connectivity index (χ3n) is 4.82. The quantitative estimate of drug-likeness (QED) is 0.598. The Kier molecular flexibility index (Phi) is 6.92. The van der Waals surface area contributed by atoms with Gasteiger partial charge in [0.15, 0.2) is 5.96 Å². The number of nitrogens with one attached hydrogen (secondary N) is 1. The number of fused-ring (bicyclic) bond motifs is 1. The Morgan fingerprint density at radius 1 is 1.36 bits per heavy atom. The van der Waals surface area contributed by atoms with E-state index in [9.17, 15) is 4.79 Å². The number of amides is 1. The van der Waals surface area contributed by atoms with Crippen molar-refractivity contribution >= 4 is 23.2 Å². The molecular weight excluding hydrogens is 372 g/mol. The minimum Gasteiger partial charge on any atom is -0.496 e. The number of methoxy groups -OCH3 is 1. The van der Waals surface area contributed by atoms with Crippen LogP contribution in [0.3, 0.4) is 0 Å². The van der Waals surface area contributed by atoms with E-state index in [2.05, 4.69) is 21.8 Å². The van der Waals surface area contributed by atoms with Crippen LogP contribution in [0.5, 0.6) is 5.75 Å². The largest absolute Gasteiger partial charge is 0.496 e. The number of hydrogen-bond donors (Lipinski definition) is 1. The summed E-state index contributed by atoms with van der Waals surface area (Å²) < 4.78 is 5.44. The number of hydrogen-bond acceptors (Lipinski definition) is 4. The lowest BCUT2D eigenvalue weighted by Crippen LogP contribution is -2.41. The first-order chi connectivity index (χ1) is 13.6. The molecule has 28 heavy (non-hydrogen) atoms. The fraction of sp³-hybridized carbons (Fsp3) is 0.429. The zero-order valence-electron chi connectivity index (χ0n) is 16.8. The normalized spacial score (nSPS) is 13.8. The van der Waals surface area contributed by atoms with Gasteiger partial charge >= 0.3 is 0 Å². The van der Waals surface area contributed by atoms with E-state index in [1.165, 1.54) is 10.4 Å². The molecule has 0 unspecified atom stereocenters. The molecule has 0 radical (unpaired) electrons. The first kappa shape index (κ1) is 20.2.